The molecule has 0 spiro atoms. The highest BCUT2D eigenvalue weighted by Crippen LogP contribution is 2.26. The largest absolute Gasteiger partial charge is 0.369 e. The number of nitrogens with one attached hydrogen (secondary N) is 1. The van der Waals surface area contributed by atoms with Gasteiger partial charge in [0.2, 0.25) is 11.8 Å². The lowest BCUT2D eigenvalue weighted by molar-refractivity contribution is -0.123. The zero-order chi connectivity index (χ0) is 18.0. The number of anilines is 1. The molecule has 25 heavy (non-hydrogen) atoms. The number of rotatable bonds is 4. The van der Waals surface area contributed by atoms with Gasteiger partial charge in [0, 0.05) is 38.0 Å². The normalized spacial score (nSPS) is 19.2. The molecule has 8 heteroatoms. The van der Waals surface area contributed by atoms with E-state index < -0.39 is 0 Å². The third kappa shape index (κ3) is 3.83. The highest BCUT2D eigenvalue weighted by molar-refractivity contribution is 5.96. The van der Waals surface area contributed by atoms with Crippen molar-refractivity contribution in [2.24, 2.45) is 24.6 Å². The Kier molecular flexibility index (Phi) is 5.06. The quantitative estimate of drug-likeness (QED) is 0.842. The molecule has 2 aliphatic rings. The maximum atomic E-state index is 12.6. The summed E-state index contributed by atoms with van der Waals surface area (Å²) in [6, 6.07) is 1.62. The number of amides is 3. The van der Waals surface area contributed by atoms with E-state index in [-0.39, 0.29) is 29.6 Å². The van der Waals surface area contributed by atoms with E-state index in [0.717, 1.165) is 25.7 Å². The summed E-state index contributed by atoms with van der Waals surface area (Å²) in [5.74, 6) is -0.0494. The maximum absolute atomic E-state index is 12.6. The second kappa shape index (κ2) is 7.25. The van der Waals surface area contributed by atoms with Gasteiger partial charge < -0.3 is 16.0 Å². The van der Waals surface area contributed by atoms with E-state index in [1.54, 1.807) is 18.0 Å². The molecule has 0 unspecified atom stereocenters. The topological polar surface area (TPSA) is 110 Å². The molecule has 1 aliphatic heterocycles. The van der Waals surface area contributed by atoms with Gasteiger partial charge >= 0.3 is 0 Å². The second-order valence-corrected chi connectivity index (χ2v) is 6.98. The number of hydrogen-bond donors (Lipinski definition) is 2. The Labute approximate surface area is 146 Å². The van der Waals surface area contributed by atoms with E-state index in [0.29, 0.717) is 37.4 Å². The van der Waals surface area contributed by atoms with Gasteiger partial charge in [-0.15, -0.1) is 0 Å². The molecule has 0 aromatic carbocycles. The number of carbonyl (C=O) groups is 3. The van der Waals surface area contributed by atoms with Gasteiger partial charge in [-0.05, 0) is 25.7 Å². The van der Waals surface area contributed by atoms with Crippen LogP contribution >= 0.6 is 0 Å². The minimum atomic E-state index is -0.304. The highest BCUT2D eigenvalue weighted by atomic mass is 16.2. The standard InChI is InChI=1S/C17H25N5O3/c1-21-14(19-16(24)12-4-2-3-5-12)10-13(20-21)17(25)22-8-6-11(7-9-22)15(18)23/h10-12H,2-9H2,1H3,(H2,18,23)(H,19,24). The fraction of sp³-hybridized carbons (Fsp3) is 0.647. The van der Waals surface area contributed by atoms with Crippen LogP contribution < -0.4 is 11.1 Å². The molecule has 1 aliphatic carbocycles. The van der Waals surface area contributed by atoms with Crippen LogP contribution in [0.15, 0.2) is 6.07 Å². The molecule has 3 amide bonds. The van der Waals surface area contributed by atoms with Crippen molar-refractivity contribution in [3.63, 3.8) is 0 Å². The Bertz CT molecular complexity index is 670. The van der Waals surface area contributed by atoms with Crippen LogP contribution in [-0.4, -0.2) is 45.5 Å². The van der Waals surface area contributed by atoms with E-state index in [2.05, 4.69) is 10.4 Å². The summed E-state index contributed by atoms with van der Waals surface area (Å²) in [6.45, 7) is 0.986. The molecule has 2 heterocycles. The van der Waals surface area contributed by atoms with Gasteiger partial charge in [-0.25, -0.2) is 0 Å². The number of primary amides is 1. The van der Waals surface area contributed by atoms with E-state index in [9.17, 15) is 14.4 Å². The smallest absolute Gasteiger partial charge is 0.274 e. The van der Waals surface area contributed by atoms with Crippen molar-refractivity contribution in [2.45, 2.75) is 38.5 Å². The Hall–Kier alpha value is -2.38. The highest BCUT2D eigenvalue weighted by Gasteiger charge is 2.28. The minimum absolute atomic E-state index is 0.00164. The lowest BCUT2D eigenvalue weighted by Crippen LogP contribution is -2.41. The van der Waals surface area contributed by atoms with Crippen molar-refractivity contribution in [2.75, 3.05) is 18.4 Å². The van der Waals surface area contributed by atoms with Crippen LogP contribution in [-0.2, 0) is 16.6 Å². The SMILES string of the molecule is Cn1nc(C(=O)N2CCC(C(N)=O)CC2)cc1NC(=O)C1CCCC1. The van der Waals surface area contributed by atoms with Crippen LogP contribution in [0.5, 0.6) is 0 Å². The van der Waals surface area contributed by atoms with Crippen molar-refractivity contribution in [1.29, 1.82) is 0 Å². The van der Waals surface area contributed by atoms with Gasteiger partial charge in [-0.1, -0.05) is 12.8 Å². The van der Waals surface area contributed by atoms with Gasteiger partial charge in [0.1, 0.15) is 5.82 Å². The van der Waals surface area contributed by atoms with E-state index >= 15 is 0 Å². The molecule has 3 N–H and O–H groups in total. The number of likely N-dealkylation sites (tertiary alicyclic amines) is 1. The molecule has 1 aromatic rings. The van der Waals surface area contributed by atoms with Crippen LogP contribution in [0.1, 0.15) is 49.0 Å². The molecule has 1 saturated carbocycles. The van der Waals surface area contributed by atoms with Crippen molar-refractivity contribution in [3.05, 3.63) is 11.8 Å². The molecule has 2 fully saturated rings. The van der Waals surface area contributed by atoms with Crippen molar-refractivity contribution >= 4 is 23.5 Å². The van der Waals surface area contributed by atoms with Gasteiger partial charge in [0.15, 0.2) is 5.69 Å². The van der Waals surface area contributed by atoms with Gasteiger partial charge in [0.25, 0.3) is 5.91 Å². The predicted molar refractivity (Wildman–Crippen MR) is 91.6 cm³/mol. The number of aryl methyl sites for hydroxylation is 1. The van der Waals surface area contributed by atoms with Crippen LogP contribution in [0, 0.1) is 11.8 Å². The van der Waals surface area contributed by atoms with Crippen LogP contribution in [0.2, 0.25) is 0 Å². The Morgan fingerprint density at radius 3 is 2.36 bits per heavy atom. The van der Waals surface area contributed by atoms with E-state index in [4.69, 9.17) is 5.73 Å². The third-order valence-corrected chi connectivity index (χ3v) is 5.26. The van der Waals surface area contributed by atoms with Gasteiger partial charge in [-0.3, -0.25) is 19.1 Å². The number of aromatic nitrogens is 2. The van der Waals surface area contributed by atoms with E-state index in [1.807, 2.05) is 0 Å². The third-order valence-electron chi connectivity index (χ3n) is 5.26. The lowest BCUT2D eigenvalue weighted by atomic mass is 9.96. The summed E-state index contributed by atoms with van der Waals surface area (Å²) < 4.78 is 1.52. The van der Waals surface area contributed by atoms with Crippen LogP contribution in [0.3, 0.4) is 0 Å². The monoisotopic (exact) mass is 347 g/mol. The Morgan fingerprint density at radius 1 is 1.12 bits per heavy atom. The number of nitrogens with zero attached hydrogens (tertiary/aromatic N) is 3. The molecular formula is C17H25N5O3. The number of piperidine rings is 1. The first-order valence-corrected chi connectivity index (χ1v) is 8.89. The molecule has 0 atom stereocenters. The lowest BCUT2D eigenvalue weighted by Gasteiger charge is -2.29. The fourth-order valence-corrected chi connectivity index (χ4v) is 3.63. The number of carbonyl (C=O) groups excluding carboxylic acids is 3. The molecule has 8 nitrogen and oxygen atoms in total. The van der Waals surface area contributed by atoms with E-state index in [1.165, 1.54) is 4.68 Å². The molecule has 0 bridgehead atoms. The maximum Gasteiger partial charge on any atom is 0.274 e. The van der Waals surface area contributed by atoms with Crippen molar-refractivity contribution in [1.82, 2.24) is 14.7 Å². The van der Waals surface area contributed by atoms with Crippen LogP contribution in [0.25, 0.3) is 0 Å². The summed E-state index contributed by atoms with van der Waals surface area (Å²) >= 11 is 0. The molecule has 0 radical (unpaired) electrons. The Morgan fingerprint density at radius 2 is 1.76 bits per heavy atom. The first kappa shape index (κ1) is 17.4. The van der Waals surface area contributed by atoms with Gasteiger partial charge in [0.05, 0.1) is 0 Å². The molecule has 1 aromatic heterocycles. The summed E-state index contributed by atoms with van der Waals surface area (Å²) in [7, 11) is 1.71. The average Bonchev–Trinajstić information content (AvgIpc) is 3.25. The number of hydrogen-bond acceptors (Lipinski definition) is 4. The molecule has 3 rings (SSSR count). The van der Waals surface area contributed by atoms with Crippen LogP contribution in [0.4, 0.5) is 5.82 Å². The van der Waals surface area contributed by atoms with Crippen molar-refractivity contribution < 1.29 is 14.4 Å². The summed E-state index contributed by atoms with van der Waals surface area (Å²) in [5, 5.41) is 7.12. The zero-order valence-corrected chi connectivity index (χ0v) is 14.5. The first-order valence-electron chi connectivity index (χ1n) is 8.89. The van der Waals surface area contributed by atoms with Gasteiger partial charge in [-0.2, -0.15) is 5.10 Å². The van der Waals surface area contributed by atoms with Crippen molar-refractivity contribution in [3.8, 4) is 0 Å². The Balaban J connectivity index is 1.62. The molecular weight excluding hydrogens is 322 g/mol. The molecule has 1 saturated heterocycles. The number of nitrogens with two attached hydrogens (primary N) is 1. The predicted octanol–water partition coefficient (Wildman–Crippen LogP) is 0.886. The molecule has 136 valence electrons. The summed E-state index contributed by atoms with van der Waals surface area (Å²) in [6.07, 6.45) is 5.19. The average molecular weight is 347 g/mol. The summed E-state index contributed by atoms with van der Waals surface area (Å²) in [5.41, 5.74) is 5.63. The first-order chi connectivity index (χ1) is 12.0. The fourth-order valence-electron chi connectivity index (χ4n) is 3.63. The summed E-state index contributed by atoms with van der Waals surface area (Å²) in [4.78, 5) is 37.8. The second-order valence-electron chi connectivity index (χ2n) is 6.98. The minimum Gasteiger partial charge on any atom is -0.369 e. The zero-order valence-electron chi connectivity index (χ0n) is 14.5.